The van der Waals surface area contributed by atoms with Gasteiger partial charge in [-0.3, -0.25) is 14.2 Å². The molecule has 3 aromatic rings. The number of hydrogen-bond acceptors (Lipinski definition) is 3. The SMILES string of the molecule is Cc1nn(CC(=O)Nc2cnn(Cc3c(F)cccc3Cl)c2)cc1Cl. The molecule has 0 spiro atoms. The highest BCUT2D eigenvalue weighted by Crippen LogP contribution is 2.20. The van der Waals surface area contributed by atoms with Crippen molar-refractivity contribution in [2.45, 2.75) is 20.0 Å². The standard InChI is InChI=1S/C16H14Cl2FN5O/c1-10-14(18)8-24(22-10)9-16(25)21-11-5-20-23(6-11)7-12-13(17)3-2-4-15(12)19/h2-6,8H,7,9H2,1H3,(H,21,25). The predicted molar refractivity (Wildman–Crippen MR) is 93.3 cm³/mol. The van der Waals surface area contributed by atoms with Crippen LogP contribution in [0.25, 0.3) is 0 Å². The number of hydrogen-bond donors (Lipinski definition) is 1. The van der Waals surface area contributed by atoms with E-state index < -0.39 is 5.82 Å². The van der Waals surface area contributed by atoms with E-state index in [0.29, 0.717) is 27.0 Å². The second-order valence-corrected chi connectivity index (χ2v) is 6.25. The molecule has 1 N–H and O–H groups in total. The highest BCUT2D eigenvalue weighted by atomic mass is 35.5. The molecule has 2 heterocycles. The Morgan fingerprint density at radius 3 is 2.72 bits per heavy atom. The fraction of sp³-hybridized carbons (Fsp3) is 0.188. The first-order chi connectivity index (χ1) is 11.9. The number of benzene rings is 1. The van der Waals surface area contributed by atoms with Crippen LogP contribution in [0.15, 0.2) is 36.8 Å². The Balaban J connectivity index is 1.64. The van der Waals surface area contributed by atoms with Gasteiger partial charge in [0.15, 0.2) is 0 Å². The van der Waals surface area contributed by atoms with Crippen molar-refractivity contribution in [3.05, 3.63) is 63.9 Å². The molecule has 0 aliphatic rings. The molecule has 9 heteroatoms. The third-order valence-electron chi connectivity index (χ3n) is 3.49. The van der Waals surface area contributed by atoms with Crippen molar-refractivity contribution >= 4 is 34.8 Å². The lowest BCUT2D eigenvalue weighted by Crippen LogP contribution is -2.18. The van der Waals surface area contributed by atoms with E-state index in [-0.39, 0.29) is 19.0 Å². The third kappa shape index (κ3) is 4.18. The predicted octanol–water partition coefficient (Wildman–Crippen LogP) is 3.52. The molecule has 0 radical (unpaired) electrons. The average Bonchev–Trinajstić information content (AvgIpc) is 3.10. The zero-order chi connectivity index (χ0) is 18.0. The van der Waals surface area contributed by atoms with E-state index in [1.807, 2.05) is 0 Å². The lowest BCUT2D eigenvalue weighted by molar-refractivity contribution is -0.116. The molecular weight excluding hydrogens is 368 g/mol. The zero-order valence-corrected chi connectivity index (χ0v) is 14.7. The van der Waals surface area contributed by atoms with Crippen molar-refractivity contribution < 1.29 is 9.18 Å². The number of nitrogens with zero attached hydrogens (tertiary/aromatic N) is 4. The largest absolute Gasteiger partial charge is 0.322 e. The summed E-state index contributed by atoms with van der Waals surface area (Å²) in [5.41, 5.74) is 1.49. The van der Waals surface area contributed by atoms with E-state index >= 15 is 0 Å². The molecule has 0 aliphatic carbocycles. The van der Waals surface area contributed by atoms with Gasteiger partial charge in [0.25, 0.3) is 0 Å². The van der Waals surface area contributed by atoms with E-state index in [2.05, 4.69) is 15.5 Å². The van der Waals surface area contributed by atoms with E-state index in [1.165, 1.54) is 21.6 Å². The van der Waals surface area contributed by atoms with Crippen molar-refractivity contribution in [3.63, 3.8) is 0 Å². The Bertz CT molecular complexity index is 881. The molecule has 0 atom stereocenters. The molecule has 0 saturated carbocycles. The minimum absolute atomic E-state index is 0.0257. The Morgan fingerprint density at radius 1 is 1.24 bits per heavy atom. The molecule has 3 rings (SSSR count). The first-order valence-electron chi connectivity index (χ1n) is 7.37. The third-order valence-corrected chi connectivity index (χ3v) is 4.22. The van der Waals surface area contributed by atoms with Crippen molar-refractivity contribution in [1.82, 2.24) is 19.6 Å². The van der Waals surface area contributed by atoms with Crippen LogP contribution >= 0.6 is 23.2 Å². The number of rotatable bonds is 5. The van der Waals surface area contributed by atoms with Crippen LogP contribution in [-0.2, 0) is 17.9 Å². The first-order valence-corrected chi connectivity index (χ1v) is 8.12. The summed E-state index contributed by atoms with van der Waals surface area (Å²) >= 11 is 11.9. The highest BCUT2D eigenvalue weighted by Gasteiger charge is 2.11. The van der Waals surface area contributed by atoms with Crippen LogP contribution in [-0.4, -0.2) is 25.5 Å². The Labute approximate surface area is 153 Å². The van der Waals surface area contributed by atoms with Crippen LogP contribution < -0.4 is 5.32 Å². The molecule has 130 valence electrons. The fourth-order valence-electron chi connectivity index (χ4n) is 2.28. The zero-order valence-electron chi connectivity index (χ0n) is 13.2. The van der Waals surface area contributed by atoms with Gasteiger partial charge in [0.1, 0.15) is 12.4 Å². The highest BCUT2D eigenvalue weighted by molar-refractivity contribution is 6.31. The van der Waals surface area contributed by atoms with E-state index in [9.17, 15) is 9.18 Å². The number of carbonyl (C=O) groups excluding carboxylic acids is 1. The summed E-state index contributed by atoms with van der Waals surface area (Å²) in [6.07, 6.45) is 4.66. The smallest absolute Gasteiger partial charge is 0.246 e. The maximum Gasteiger partial charge on any atom is 0.246 e. The van der Waals surface area contributed by atoms with Gasteiger partial charge in [-0.2, -0.15) is 10.2 Å². The van der Waals surface area contributed by atoms with Gasteiger partial charge in [0.05, 0.1) is 29.1 Å². The van der Waals surface area contributed by atoms with Gasteiger partial charge in [-0.15, -0.1) is 0 Å². The number of amides is 1. The lowest BCUT2D eigenvalue weighted by Gasteiger charge is -2.06. The summed E-state index contributed by atoms with van der Waals surface area (Å²) < 4.78 is 16.8. The summed E-state index contributed by atoms with van der Waals surface area (Å²) in [5, 5.41) is 11.8. The minimum atomic E-state index is -0.403. The van der Waals surface area contributed by atoms with Gasteiger partial charge < -0.3 is 5.32 Å². The lowest BCUT2D eigenvalue weighted by atomic mass is 10.2. The number of aromatic nitrogens is 4. The summed E-state index contributed by atoms with van der Waals surface area (Å²) in [7, 11) is 0. The van der Waals surface area contributed by atoms with Crippen LogP contribution in [0.3, 0.4) is 0 Å². The number of halogens is 3. The average molecular weight is 382 g/mol. The van der Waals surface area contributed by atoms with Crippen LogP contribution in [0.5, 0.6) is 0 Å². The van der Waals surface area contributed by atoms with Crippen LogP contribution in [0.4, 0.5) is 10.1 Å². The fourth-order valence-corrected chi connectivity index (χ4v) is 2.66. The molecule has 25 heavy (non-hydrogen) atoms. The normalized spacial score (nSPS) is 10.9. The minimum Gasteiger partial charge on any atom is -0.322 e. The second kappa shape index (κ2) is 7.25. The maximum absolute atomic E-state index is 13.8. The molecule has 0 saturated heterocycles. The van der Waals surface area contributed by atoms with Crippen molar-refractivity contribution in [2.24, 2.45) is 0 Å². The number of nitrogens with one attached hydrogen (secondary N) is 1. The molecule has 0 fully saturated rings. The molecule has 2 aromatic heterocycles. The Hall–Kier alpha value is -2.38. The van der Waals surface area contributed by atoms with Crippen molar-refractivity contribution in [1.29, 1.82) is 0 Å². The van der Waals surface area contributed by atoms with Gasteiger partial charge in [0, 0.05) is 23.0 Å². The van der Waals surface area contributed by atoms with Gasteiger partial charge in [0.2, 0.25) is 5.91 Å². The maximum atomic E-state index is 13.8. The van der Waals surface area contributed by atoms with E-state index in [0.717, 1.165) is 0 Å². The summed E-state index contributed by atoms with van der Waals surface area (Å²) in [6.45, 7) is 1.95. The topological polar surface area (TPSA) is 64.7 Å². The molecular formula is C16H14Cl2FN5O. The van der Waals surface area contributed by atoms with Gasteiger partial charge in [-0.1, -0.05) is 29.3 Å². The van der Waals surface area contributed by atoms with Crippen LogP contribution in [0, 0.1) is 12.7 Å². The van der Waals surface area contributed by atoms with E-state index in [1.54, 1.807) is 31.5 Å². The molecule has 1 amide bonds. The summed E-state index contributed by atoms with van der Waals surface area (Å²) in [4.78, 5) is 12.0. The quantitative estimate of drug-likeness (QED) is 0.735. The molecule has 0 unspecified atom stereocenters. The van der Waals surface area contributed by atoms with Gasteiger partial charge in [-0.05, 0) is 19.1 Å². The van der Waals surface area contributed by atoms with Gasteiger partial charge >= 0.3 is 0 Å². The Kier molecular flexibility index (Phi) is 5.06. The van der Waals surface area contributed by atoms with Gasteiger partial charge in [-0.25, -0.2) is 4.39 Å². The summed E-state index contributed by atoms with van der Waals surface area (Å²) in [5.74, 6) is -0.679. The second-order valence-electron chi connectivity index (χ2n) is 5.44. The van der Waals surface area contributed by atoms with Crippen molar-refractivity contribution in [2.75, 3.05) is 5.32 Å². The molecule has 0 bridgehead atoms. The Morgan fingerprint density at radius 2 is 2.04 bits per heavy atom. The summed E-state index contributed by atoms with van der Waals surface area (Å²) in [6, 6.07) is 4.49. The molecule has 1 aromatic carbocycles. The van der Waals surface area contributed by atoms with E-state index in [4.69, 9.17) is 23.2 Å². The van der Waals surface area contributed by atoms with Crippen LogP contribution in [0.1, 0.15) is 11.3 Å². The number of carbonyl (C=O) groups is 1. The monoisotopic (exact) mass is 381 g/mol. The van der Waals surface area contributed by atoms with Crippen LogP contribution in [0.2, 0.25) is 10.0 Å². The van der Waals surface area contributed by atoms with Crippen molar-refractivity contribution in [3.8, 4) is 0 Å². The molecule has 6 nitrogen and oxygen atoms in total. The molecule has 0 aliphatic heterocycles. The first kappa shape index (κ1) is 17.4. The number of aryl methyl sites for hydroxylation is 1. The number of anilines is 1.